The Balaban J connectivity index is 1.78. The number of hydrogen-bond acceptors (Lipinski definition) is 3. The van der Waals surface area contributed by atoms with Crippen molar-refractivity contribution in [3.63, 3.8) is 0 Å². The second-order valence-corrected chi connectivity index (χ2v) is 6.88. The van der Waals surface area contributed by atoms with Crippen LogP contribution in [0, 0.1) is 17.8 Å². The number of nitrogens with zero attached hydrogens (tertiary/aromatic N) is 1. The number of nitrogens with two attached hydrogens (primary N) is 1. The molecule has 0 unspecified atom stereocenters. The Hall–Kier alpha value is -0.990. The zero-order chi connectivity index (χ0) is 12.3. The molecule has 4 aliphatic carbocycles. The summed E-state index contributed by atoms with van der Waals surface area (Å²) >= 11 is 0. The van der Waals surface area contributed by atoms with E-state index in [2.05, 4.69) is 11.9 Å². The number of aromatic nitrogens is 1. The van der Waals surface area contributed by atoms with E-state index in [0.717, 1.165) is 29.9 Å². The van der Waals surface area contributed by atoms with E-state index >= 15 is 0 Å². The molecule has 1 aromatic heterocycles. The van der Waals surface area contributed by atoms with Gasteiger partial charge in [-0.3, -0.25) is 0 Å². The molecule has 3 nitrogen and oxygen atoms in total. The summed E-state index contributed by atoms with van der Waals surface area (Å²) in [6, 6.07) is 0.373. The molecular weight excluding hydrogens is 224 g/mol. The van der Waals surface area contributed by atoms with Gasteiger partial charge in [0.2, 0.25) is 0 Å². The molecule has 4 aliphatic rings. The molecule has 98 valence electrons. The number of nitrogen functional groups attached to an aromatic ring is 1. The van der Waals surface area contributed by atoms with Crippen LogP contribution in [-0.4, -0.2) is 4.98 Å². The Bertz CT molecular complexity index is 442. The normalized spacial score (nSPS) is 41.5. The van der Waals surface area contributed by atoms with Crippen molar-refractivity contribution in [1.82, 2.24) is 4.98 Å². The van der Waals surface area contributed by atoms with E-state index in [-0.39, 0.29) is 0 Å². The highest BCUT2D eigenvalue weighted by Crippen LogP contribution is 2.61. The summed E-state index contributed by atoms with van der Waals surface area (Å²) < 4.78 is 5.62. The molecule has 4 fully saturated rings. The molecule has 4 bridgehead atoms. The highest BCUT2D eigenvalue weighted by Gasteiger charge is 2.53. The average molecular weight is 246 g/mol. The number of aryl methyl sites for hydroxylation is 1. The summed E-state index contributed by atoms with van der Waals surface area (Å²) in [6.07, 6.45) is 9.31. The Morgan fingerprint density at radius 3 is 2.22 bits per heavy atom. The third kappa shape index (κ3) is 1.39. The smallest absolute Gasteiger partial charge is 0.292 e. The third-order valence-corrected chi connectivity index (χ3v) is 5.58. The molecule has 0 radical (unpaired) electrons. The predicted molar refractivity (Wildman–Crippen MR) is 70.1 cm³/mol. The molecule has 1 aromatic rings. The van der Waals surface area contributed by atoms with Crippen molar-refractivity contribution >= 4 is 6.01 Å². The summed E-state index contributed by atoms with van der Waals surface area (Å²) in [5, 5.41) is 0. The van der Waals surface area contributed by atoms with Crippen molar-refractivity contribution < 1.29 is 4.42 Å². The summed E-state index contributed by atoms with van der Waals surface area (Å²) in [6.45, 7) is 2.14. The lowest BCUT2D eigenvalue weighted by Gasteiger charge is -2.56. The van der Waals surface area contributed by atoms with Gasteiger partial charge in [-0.05, 0) is 56.3 Å². The minimum atomic E-state index is 0.321. The van der Waals surface area contributed by atoms with Gasteiger partial charge in [0.05, 0.1) is 5.69 Å². The van der Waals surface area contributed by atoms with Crippen molar-refractivity contribution in [1.29, 1.82) is 0 Å². The standard InChI is InChI=1S/C15H22N2O/c1-2-12-13(17-14(16)18-12)15-6-9-3-10(7-15)5-11(4-9)8-15/h9-11H,2-8H2,1H3,(H2,16,17). The fourth-order valence-corrected chi connectivity index (χ4v) is 5.42. The fourth-order valence-electron chi connectivity index (χ4n) is 5.42. The molecular formula is C15H22N2O. The van der Waals surface area contributed by atoms with Gasteiger partial charge in [0, 0.05) is 11.8 Å². The van der Waals surface area contributed by atoms with Crippen molar-refractivity contribution in [2.24, 2.45) is 17.8 Å². The van der Waals surface area contributed by atoms with Gasteiger partial charge in [-0.25, -0.2) is 0 Å². The number of oxazole rings is 1. The second-order valence-electron chi connectivity index (χ2n) is 6.88. The van der Waals surface area contributed by atoms with E-state index in [0.29, 0.717) is 11.4 Å². The van der Waals surface area contributed by atoms with Crippen molar-refractivity contribution in [3.05, 3.63) is 11.5 Å². The maximum absolute atomic E-state index is 5.80. The van der Waals surface area contributed by atoms with Gasteiger partial charge in [-0.1, -0.05) is 6.92 Å². The lowest BCUT2D eigenvalue weighted by molar-refractivity contribution is -0.00772. The first-order chi connectivity index (χ1) is 8.68. The summed E-state index contributed by atoms with van der Waals surface area (Å²) in [5.41, 5.74) is 7.34. The predicted octanol–water partition coefficient (Wildman–Crippen LogP) is 3.29. The van der Waals surface area contributed by atoms with Crippen molar-refractivity contribution in [2.75, 3.05) is 5.73 Å². The molecule has 2 N–H and O–H groups in total. The maximum atomic E-state index is 5.80. The lowest BCUT2D eigenvalue weighted by Crippen LogP contribution is -2.49. The molecule has 0 amide bonds. The van der Waals surface area contributed by atoms with Gasteiger partial charge >= 0.3 is 0 Å². The van der Waals surface area contributed by atoms with Crippen LogP contribution in [0.4, 0.5) is 6.01 Å². The van der Waals surface area contributed by atoms with Crippen molar-refractivity contribution in [2.45, 2.75) is 57.3 Å². The highest BCUT2D eigenvalue weighted by molar-refractivity contribution is 5.30. The van der Waals surface area contributed by atoms with Gasteiger partial charge in [-0.15, -0.1) is 0 Å². The van der Waals surface area contributed by atoms with Crippen LogP contribution < -0.4 is 5.73 Å². The van der Waals surface area contributed by atoms with E-state index in [1.54, 1.807) is 0 Å². The molecule has 0 aliphatic heterocycles. The van der Waals surface area contributed by atoms with E-state index in [1.165, 1.54) is 44.2 Å². The van der Waals surface area contributed by atoms with E-state index < -0.39 is 0 Å². The van der Waals surface area contributed by atoms with Crippen LogP contribution in [0.25, 0.3) is 0 Å². The molecule has 5 rings (SSSR count). The Morgan fingerprint density at radius 2 is 1.72 bits per heavy atom. The van der Waals surface area contributed by atoms with Gasteiger partial charge in [0.15, 0.2) is 0 Å². The minimum absolute atomic E-state index is 0.321. The number of rotatable bonds is 2. The van der Waals surface area contributed by atoms with Gasteiger partial charge < -0.3 is 10.2 Å². The minimum Gasteiger partial charge on any atom is -0.429 e. The first-order valence-corrected chi connectivity index (χ1v) is 7.44. The van der Waals surface area contributed by atoms with E-state index in [1.807, 2.05) is 0 Å². The fraction of sp³-hybridized carbons (Fsp3) is 0.800. The summed E-state index contributed by atoms with van der Waals surface area (Å²) in [7, 11) is 0. The average Bonchev–Trinajstić information content (AvgIpc) is 2.69. The zero-order valence-corrected chi connectivity index (χ0v) is 11.1. The molecule has 4 saturated carbocycles. The van der Waals surface area contributed by atoms with E-state index in [9.17, 15) is 0 Å². The van der Waals surface area contributed by atoms with Crippen LogP contribution in [0.5, 0.6) is 0 Å². The Kier molecular flexibility index (Phi) is 2.13. The third-order valence-electron chi connectivity index (χ3n) is 5.58. The van der Waals surface area contributed by atoms with Gasteiger partial charge in [0.1, 0.15) is 5.76 Å². The van der Waals surface area contributed by atoms with Crippen LogP contribution in [0.1, 0.15) is 56.9 Å². The first-order valence-electron chi connectivity index (χ1n) is 7.44. The van der Waals surface area contributed by atoms with Gasteiger partial charge in [-0.2, -0.15) is 4.98 Å². The van der Waals surface area contributed by atoms with Gasteiger partial charge in [0.25, 0.3) is 6.01 Å². The van der Waals surface area contributed by atoms with Crippen LogP contribution in [-0.2, 0) is 11.8 Å². The van der Waals surface area contributed by atoms with Crippen molar-refractivity contribution in [3.8, 4) is 0 Å². The van der Waals surface area contributed by atoms with Crippen LogP contribution in [0.3, 0.4) is 0 Å². The largest absolute Gasteiger partial charge is 0.429 e. The Labute approximate surface area is 108 Å². The van der Waals surface area contributed by atoms with Crippen LogP contribution in [0.2, 0.25) is 0 Å². The summed E-state index contributed by atoms with van der Waals surface area (Å²) in [4.78, 5) is 4.58. The molecule has 1 heterocycles. The molecule has 0 spiro atoms. The zero-order valence-electron chi connectivity index (χ0n) is 11.1. The molecule has 18 heavy (non-hydrogen) atoms. The second kappa shape index (κ2) is 3.52. The van der Waals surface area contributed by atoms with Crippen LogP contribution >= 0.6 is 0 Å². The lowest BCUT2D eigenvalue weighted by atomic mass is 9.48. The number of anilines is 1. The topological polar surface area (TPSA) is 52.0 Å². The maximum Gasteiger partial charge on any atom is 0.292 e. The first kappa shape index (κ1) is 10.9. The summed E-state index contributed by atoms with van der Waals surface area (Å²) in [5.74, 6) is 3.88. The SMILES string of the molecule is CCc1oc(N)nc1C12CC3CC(CC(C3)C1)C2. The Morgan fingerprint density at radius 1 is 1.17 bits per heavy atom. The molecule has 0 saturated heterocycles. The molecule has 0 atom stereocenters. The quantitative estimate of drug-likeness (QED) is 0.871. The molecule has 0 aromatic carbocycles. The molecule has 3 heteroatoms. The number of hydrogen-bond donors (Lipinski definition) is 1. The van der Waals surface area contributed by atoms with E-state index in [4.69, 9.17) is 10.2 Å². The highest BCUT2D eigenvalue weighted by atomic mass is 16.4. The van der Waals surface area contributed by atoms with Crippen LogP contribution in [0.15, 0.2) is 4.42 Å². The monoisotopic (exact) mass is 246 g/mol.